The van der Waals surface area contributed by atoms with E-state index < -0.39 is 11.9 Å². The van der Waals surface area contributed by atoms with E-state index in [9.17, 15) is 9.59 Å². The van der Waals surface area contributed by atoms with Gasteiger partial charge in [0.05, 0.1) is 12.2 Å². The first-order valence-corrected chi connectivity index (χ1v) is 10.0. The maximum atomic E-state index is 12.8. The van der Waals surface area contributed by atoms with Crippen molar-refractivity contribution in [1.29, 1.82) is 0 Å². The van der Waals surface area contributed by atoms with Gasteiger partial charge in [-0.3, -0.25) is 14.5 Å². The van der Waals surface area contributed by atoms with Crippen LogP contribution in [0.4, 0.5) is 0 Å². The van der Waals surface area contributed by atoms with Crippen LogP contribution in [0.1, 0.15) is 28.9 Å². The molecule has 1 atom stereocenters. The molecule has 1 fully saturated rings. The number of carbonyl (C=O) groups excluding carboxylic acids is 2. The number of carbonyl (C=O) groups is 2. The van der Waals surface area contributed by atoms with Gasteiger partial charge in [-0.1, -0.05) is 35.3 Å². The summed E-state index contributed by atoms with van der Waals surface area (Å²) >= 11 is 12.1. The minimum Gasteiger partial charge on any atom is -0.477 e. The summed E-state index contributed by atoms with van der Waals surface area (Å²) in [6.45, 7) is 4.22. The smallest absolute Gasteiger partial charge is 0.255 e. The summed E-state index contributed by atoms with van der Waals surface area (Å²) in [5, 5.41) is 0.892. The number of primary amides is 1. The molecule has 1 aliphatic heterocycles. The van der Waals surface area contributed by atoms with Crippen molar-refractivity contribution in [3.63, 3.8) is 0 Å². The zero-order valence-corrected chi connectivity index (χ0v) is 17.5. The van der Waals surface area contributed by atoms with Gasteiger partial charge in [-0.2, -0.15) is 0 Å². The number of rotatable bonds is 6. The zero-order chi connectivity index (χ0) is 21.0. The number of hydrogen-bond acceptors (Lipinski definition) is 5. The third-order valence-corrected chi connectivity index (χ3v) is 5.28. The maximum absolute atomic E-state index is 12.8. The van der Waals surface area contributed by atoms with Crippen LogP contribution in [0.2, 0.25) is 10.0 Å². The molecule has 3 rings (SSSR count). The molecule has 2 aromatic rings. The molecule has 0 bridgehead atoms. The van der Waals surface area contributed by atoms with E-state index in [-0.39, 0.29) is 5.91 Å². The Bertz CT molecular complexity index is 884. The van der Waals surface area contributed by atoms with Crippen molar-refractivity contribution >= 4 is 35.0 Å². The summed E-state index contributed by atoms with van der Waals surface area (Å²) in [7, 11) is 0. The Balaban J connectivity index is 1.67. The number of aromatic nitrogens is 1. The van der Waals surface area contributed by atoms with Gasteiger partial charge in [0.1, 0.15) is 11.1 Å². The second-order valence-corrected chi connectivity index (χ2v) is 7.47. The highest BCUT2D eigenvalue weighted by Crippen LogP contribution is 2.26. The minimum atomic E-state index is -0.564. The first-order valence-electron chi connectivity index (χ1n) is 9.27. The molecule has 1 aromatic heterocycles. The molecule has 0 spiro atoms. The summed E-state index contributed by atoms with van der Waals surface area (Å²) in [6, 6.07) is 8.05. The van der Waals surface area contributed by atoms with Gasteiger partial charge < -0.3 is 15.4 Å². The molecule has 0 saturated carbocycles. The predicted octanol–water partition coefficient (Wildman–Crippen LogP) is 2.77. The quantitative estimate of drug-likeness (QED) is 0.751. The van der Waals surface area contributed by atoms with E-state index in [1.54, 1.807) is 35.2 Å². The fourth-order valence-corrected chi connectivity index (χ4v) is 3.70. The van der Waals surface area contributed by atoms with E-state index in [1.165, 1.54) is 6.20 Å². The third kappa shape index (κ3) is 4.98. The lowest BCUT2D eigenvalue weighted by molar-refractivity contribution is -0.124. The van der Waals surface area contributed by atoms with Crippen molar-refractivity contribution in [3.05, 3.63) is 57.7 Å². The molecule has 2 heterocycles. The van der Waals surface area contributed by atoms with E-state index in [1.807, 2.05) is 11.8 Å². The van der Waals surface area contributed by atoms with Gasteiger partial charge in [-0.15, -0.1) is 0 Å². The van der Waals surface area contributed by atoms with Gasteiger partial charge in [-0.05, 0) is 30.7 Å². The number of benzene rings is 1. The standard InChI is InChI=1S/C20H22Cl2N4O3/c1-2-29-19-16(22)11-14(12-24-19)20(28)26-9-7-25(8-10-26)17(18(23)27)13-3-5-15(21)6-4-13/h3-6,11-12,17H,2,7-10H2,1H3,(H2,23,27)/t17-/m1/s1. The van der Waals surface area contributed by atoms with E-state index >= 15 is 0 Å². The lowest BCUT2D eigenvalue weighted by atomic mass is 10.0. The lowest BCUT2D eigenvalue weighted by Gasteiger charge is -2.38. The van der Waals surface area contributed by atoms with Crippen LogP contribution in [0.15, 0.2) is 36.5 Å². The summed E-state index contributed by atoms with van der Waals surface area (Å²) in [6.07, 6.45) is 1.46. The number of piperazine rings is 1. The van der Waals surface area contributed by atoms with E-state index in [0.717, 1.165) is 5.56 Å². The summed E-state index contributed by atoms with van der Waals surface area (Å²) in [5.41, 5.74) is 6.83. The van der Waals surface area contributed by atoms with Crippen molar-refractivity contribution in [1.82, 2.24) is 14.8 Å². The molecule has 1 aliphatic rings. The molecule has 2 N–H and O–H groups in total. The Morgan fingerprint density at radius 3 is 2.38 bits per heavy atom. The largest absolute Gasteiger partial charge is 0.477 e. The summed E-state index contributed by atoms with van der Waals surface area (Å²) in [5.74, 6) is -0.290. The van der Waals surface area contributed by atoms with Gasteiger partial charge in [0, 0.05) is 37.4 Å². The molecule has 0 unspecified atom stereocenters. The molecule has 29 heavy (non-hydrogen) atoms. The fraction of sp³-hybridized carbons (Fsp3) is 0.350. The number of halogens is 2. The topological polar surface area (TPSA) is 88.8 Å². The molecule has 7 nitrogen and oxygen atoms in total. The normalized spacial score (nSPS) is 15.8. The fourth-order valence-electron chi connectivity index (χ4n) is 3.35. The average Bonchev–Trinajstić information content (AvgIpc) is 2.71. The highest BCUT2D eigenvalue weighted by Gasteiger charge is 2.31. The van der Waals surface area contributed by atoms with Crippen LogP contribution in [0.25, 0.3) is 0 Å². The summed E-state index contributed by atoms with van der Waals surface area (Å²) < 4.78 is 5.30. The number of ether oxygens (including phenoxy) is 1. The Morgan fingerprint density at radius 2 is 1.83 bits per heavy atom. The second-order valence-electron chi connectivity index (χ2n) is 6.63. The van der Waals surface area contributed by atoms with Crippen molar-refractivity contribution in [2.75, 3.05) is 32.8 Å². The monoisotopic (exact) mass is 436 g/mol. The molecular weight excluding hydrogens is 415 g/mol. The molecule has 154 valence electrons. The second kappa shape index (κ2) is 9.43. The van der Waals surface area contributed by atoms with Crippen LogP contribution in [0.5, 0.6) is 5.88 Å². The van der Waals surface area contributed by atoms with Crippen molar-refractivity contribution < 1.29 is 14.3 Å². The van der Waals surface area contributed by atoms with Crippen LogP contribution >= 0.6 is 23.2 Å². The van der Waals surface area contributed by atoms with Gasteiger partial charge in [0.15, 0.2) is 0 Å². The average molecular weight is 437 g/mol. The molecule has 9 heteroatoms. The first kappa shape index (κ1) is 21.4. The van der Waals surface area contributed by atoms with E-state index in [0.29, 0.717) is 54.3 Å². The minimum absolute atomic E-state index is 0.163. The molecule has 1 aromatic carbocycles. The van der Waals surface area contributed by atoms with Crippen LogP contribution in [0.3, 0.4) is 0 Å². The first-order chi connectivity index (χ1) is 13.9. The van der Waals surface area contributed by atoms with Gasteiger partial charge in [0.2, 0.25) is 11.8 Å². The Hall–Kier alpha value is -2.35. The van der Waals surface area contributed by atoms with Crippen molar-refractivity contribution in [3.8, 4) is 5.88 Å². The number of hydrogen-bond donors (Lipinski definition) is 1. The van der Waals surface area contributed by atoms with Crippen LogP contribution in [-0.4, -0.2) is 59.4 Å². The molecule has 0 radical (unpaired) electrons. The lowest BCUT2D eigenvalue weighted by Crippen LogP contribution is -2.51. The molecule has 0 aliphatic carbocycles. The zero-order valence-electron chi connectivity index (χ0n) is 16.0. The maximum Gasteiger partial charge on any atom is 0.255 e. The predicted molar refractivity (Wildman–Crippen MR) is 111 cm³/mol. The van der Waals surface area contributed by atoms with Gasteiger partial charge in [0.25, 0.3) is 5.91 Å². The SMILES string of the molecule is CCOc1ncc(C(=O)N2CCN([C@@H](C(N)=O)c3ccc(Cl)cc3)CC2)cc1Cl. The van der Waals surface area contributed by atoms with E-state index in [2.05, 4.69) is 4.98 Å². The number of amides is 2. The Labute approximate surface area is 179 Å². The van der Waals surface area contributed by atoms with Crippen LogP contribution < -0.4 is 10.5 Å². The molecule has 2 amide bonds. The van der Waals surface area contributed by atoms with Gasteiger partial charge >= 0.3 is 0 Å². The summed E-state index contributed by atoms with van der Waals surface area (Å²) in [4.78, 5) is 32.7. The van der Waals surface area contributed by atoms with Crippen LogP contribution in [-0.2, 0) is 4.79 Å². The number of nitrogens with zero attached hydrogens (tertiary/aromatic N) is 3. The number of pyridine rings is 1. The number of nitrogens with two attached hydrogens (primary N) is 1. The molecular formula is C20H22Cl2N4O3. The van der Waals surface area contributed by atoms with E-state index in [4.69, 9.17) is 33.7 Å². The Morgan fingerprint density at radius 1 is 1.17 bits per heavy atom. The third-order valence-electron chi connectivity index (χ3n) is 4.76. The van der Waals surface area contributed by atoms with Crippen LogP contribution in [0, 0.1) is 0 Å². The highest BCUT2D eigenvalue weighted by molar-refractivity contribution is 6.32. The highest BCUT2D eigenvalue weighted by atomic mass is 35.5. The Kier molecular flexibility index (Phi) is 6.95. The van der Waals surface area contributed by atoms with Gasteiger partial charge in [-0.25, -0.2) is 4.98 Å². The molecule has 1 saturated heterocycles. The van der Waals surface area contributed by atoms with Crippen molar-refractivity contribution in [2.24, 2.45) is 5.73 Å². The van der Waals surface area contributed by atoms with Crippen molar-refractivity contribution in [2.45, 2.75) is 13.0 Å².